The minimum absolute atomic E-state index is 0.241. The number of piperidine rings is 1. The van der Waals surface area contributed by atoms with Crippen molar-refractivity contribution in [3.63, 3.8) is 0 Å². The van der Waals surface area contributed by atoms with E-state index in [2.05, 4.69) is 39.2 Å². The minimum Gasteiger partial charge on any atom is -0.379 e. The molecule has 1 N–H and O–H groups in total. The van der Waals surface area contributed by atoms with Gasteiger partial charge in [0.05, 0.1) is 18.6 Å². The number of hydrogen-bond acceptors (Lipinski definition) is 6. The smallest absolute Gasteiger partial charge is 0.227 e. The number of amides is 1. The Morgan fingerprint density at radius 3 is 2.83 bits per heavy atom. The number of fused-ring (bicyclic) bond motifs is 1. The van der Waals surface area contributed by atoms with Crippen LogP contribution in [0.1, 0.15) is 45.4 Å². The molecule has 3 aliphatic rings. The van der Waals surface area contributed by atoms with E-state index in [0.717, 1.165) is 90.4 Å². The fraction of sp³-hybridized carbons (Fsp3) is 0.864. The van der Waals surface area contributed by atoms with E-state index in [-0.39, 0.29) is 11.3 Å². The number of likely N-dealkylation sites (tertiary alicyclic amines) is 1. The molecule has 1 aromatic rings. The van der Waals surface area contributed by atoms with Crippen molar-refractivity contribution in [1.82, 2.24) is 29.9 Å². The molecule has 1 aliphatic carbocycles. The Morgan fingerprint density at radius 2 is 2.07 bits per heavy atom. The number of carbonyl (C=O) groups is 1. The Morgan fingerprint density at radius 1 is 1.23 bits per heavy atom. The summed E-state index contributed by atoms with van der Waals surface area (Å²) in [5, 5.41) is 11.5. The highest BCUT2D eigenvalue weighted by Crippen LogP contribution is 2.47. The van der Waals surface area contributed by atoms with Crippen LogP contribution in [0.15, 0.2) is 6.33 Å². The average Bonchev–Trinajstić information content (AvgIpc) is 3.26. The third kappa shape index (κ3) is 4.41. The lowest BCUT2D eigenvalue weighted by molar-refractivity contribution is -0.144. The zero-order chi connectivity index (χ0) is 21.0. The van der Waals surface area contributed by atoms with Crippen molar-refractivity contribution in [1.29, 1.82) is 0 Å². The molecule has 4 rings (SSSR count). The van der Waals surface area contributed by atoms with Gasteiger partial charge in [0, 0.05) is 45.2 Å². The fourth-order valence-corrected chi connectivity index (χ4v) is 5.83. The molecule has 3 heterocycles. The fourth-order valence-electron chi connectivity index (χ4n) is 5.83. The van der Waals surface area contributed by atoms with E-state index in [0.29, 0.717) is 18.5 Å². The lowest BCUT2D eigenvalue weighted by atomic mass is 9.61. The number of hydrogen-bond donors (Lipinski definition) is 1. The summed E-state index contributed by atoms with van der Waals surface area (Å²) in [7, 11) is 0. The number of nitrogens with one attached hydrogen (secondary N) is 1. The maximum atomic E-state index is 13.6. The summed E-state index contributed by atoms with van der Waals surface area (Å²) in [4.78, 5) is 18.6. The molecule has 1 saturated carbocycles. The molecule has 0 bridgehead atoms. The molecule has 8 heteroatoms. The van der Waals surface area contributed by atoms with E-state index in [1.807, 2.05) is 4.57 Å². The Kier molecular flexibility index (Phi) is 7.05. The molecule has 0 spiro atoms. The lowest BCUT2D eigenvalue weighted by Gasteiger charge is -2.53. The lowest BCUT2D eigenvalue weighted by Crippen LogP contribution is -2.61. The zero-order valence-corrected chi connectivity index (χ0v) is 18.7. The van der Waals surface area contributed by atoms with Crippen LogP contribution >= 0.6 is 0 Å². The maximum Gasteiger partial charge on any atom is 0.227 e. The number of rotatable bonds is 7. The maximum absolute atomic E-state index is 13.6. The van der Waals surface area contributed by atoms with Gasteiger partial charge in [-0.3, -0.25) is 9.69 Å². The number of ether oxygens (including phenoxy) is 1. The van der Waals surface area contributed by atoms with Crippen molar-refractivity contribution in [3.8, 4) is 0 Å². The quantitative estimate of drug-likeness (QED) is 0.716. The van der Waals surface area contributed by atoms with Crippen LogP contribution in [0.2, 0.25) is 0 Å². The molecule has 0 aromatic carbocycles. The summed E-state index contributed by atoms with van der Waals surface area (Å²) < 4.78 is 7.59. The van der Waals surface area contributed by atoms with Crippen LogP contribution in [-0.4, -0.2) is 89.0 Å². The molecule has 2 saturated heterocycles. The third-order valence-corrected chi connectivity index (χ3v) is 7.69. The molecule has 8 nitrogen and oxygen atoms in total. The summed E-state index contributed by atoms with van der Waals surface area (Å²) in [6.45, 7) is 12.6. The monoisotopic (exact) mass is 418 g/mol. The Hall–Kier alpha value is -1.51. The van der Waals surface area contributed by atoms with Crippen LogP contribution in [0.3, 0.4) is 0 Å². The van der Waals surface area contributed by atoms with E-state index in [9.17, 15) is 4.79 Å². The van der Waals surface area contributed by atoms with Crippen LogP contribution in [0.5, 0.6) is 0 Å². The molecule has 1 amide bonds. The topological polar surface area (TPSA) is 75.5 Å². The van der Waals surface area contributed by atoms with Crippen molar-refractivity contribution in [2.24, 2.45) is 11.3 Å². The van der Waals surface area contributed by atoms with E-state index in [1.54, 1.807) is 6.33 Å². The van der Waals surface area contributed by atoms with Crippen LogP contribution in [0, 0.1) is 11.3 Å². The van der Waals surface area contributed by atoms with Crippen LogP contribution in [0.25, 0.3) is 0 Å². The summed E-state index contributed by atoms with van der Waals surface area (Å²) in [5.74, 6) is 1.68. The molecular formula is C22H38N6O2. The summed E-state index contributed by atoms with van der Waals surface area (Å²) in [5.41, 5.74) is -0.241. The molecule has 0 radical (unpaired) electrons. The molecular weight excluding hydrogens is 380 g/mol. The number of morpholine rings is 1. The van der Waals surface area contributed by atoms with Gasteiger partial charge in [0.2, 0.25) is 5.91 Å². The van der Waals surface area contributed by atoms with E-state index < -0.39 is 0 Å². The highest BCUT2D eigenvalue weighted by Gasteiger charge is 2.52. The van der Waals surface area contributed by atoms with Gasteiger partial charge in [-0.2, -0.15) is 0 Å². The molecule has 3 atom stereocenters. The van der Waals surface area contributed by atoms with E-state index in [1.165, 1.54) is 0 Å². The highest BCUT2D eigenvalue weighted by atomic mass is 16.5. The second kappa shape index (κ2) is 9.75. The normalized spacial score (nSPS) is 30.7. The van der Waals surface area contributed by atoms with Crippen molar-refractivity contribution >= 4 is 5.91 Å². The Labute approximate surface area is 180 Å². The van der Waals surface area contributed by atoms with Crippen molar-refractivity contribution in [2.45, 2.75) is 58.5 Å². The van der Waals surface area contributed by atoms with Gasteiger partial charge in [-0.25, -0.2) is 0 Å². The molecule has 2 aliphatic heterocycles. The van der Waals surface area contributed by atoms with Crippen molar-refractivity contribution in [3.05, 3.63) is 12.2 Å². The predicted molar refractivity (Wildman–Crippen MR) is 115 cm³/mol. The second-order valence-electron chi connectivity index (χ2n) is 9.13. The van der Waals surface area contributed by atoms with Crippen LogP contribution in [-0.2, 0) is 22.5 Å². The summed E-state index contributed by atoms with van der Waals surface area (Å²) >= 11 is 0. The van der Waals surface area contributed by atoms with E-state index in [4.69, 9.17) is 4.74 Å². The minimum atomic E-state index is -0.241. The zero-order valence-electron chi connectivity index (χ0n) is 18.7. The Bertz CT molecular complexity index is 704. The first kappa shape index (κ1) is 21.7. The first-order valence-corrected chi connectivity index (χ1v) is 11.9. The van der Waals surface area contributed by atoms with E-state index >= 15 is 0 Å². The van der Waals surface area contributed by atoms with Crippen molar-refractivity contribution < 1.29 is 9.53 Å². The summed E-state index contributed by atoms with van der Waals surface area (Å²) in [6.07, 6.45) is 6.88. The highest BCUT2D eigenvalue weighted by molar-refractivity contribution is 5.83. The number of nitrogens with zero attached hydrogens (tertiary/aromatic N) is 5. The second-order valence-corrected chi connectivity index (χ2v) is 9.13. The average molecular weight is 419 g/mol. The van der Waals surface area contributed by atoms with Crippen LogP contribution in [0.4, 0.5) is 0 Å². The molecule has 3 fully saturated rings. The first-order valence-electron chi connectivity index (χ1n) is 11.9. The molecule has 168 valence electrons. The molecule has 0 unspecified atom stereocenters. The first-order chi connectivity index (χ1) is 14.7. The largest absolute Gasteiger partial charge is 0.379 e. The predicted octanol–water partition coefficient (Wildman–Crippen LogP) is 1.17. The molecule has 1 aromatic heterocycles. The van der Waals surface area contributed by atoms with Gasteiger partial charge in [0.15, 0.2) is 0 Å². The number of carbonyl (C=O) groups excluding carboxylic acids is 1. The van der Waals surface area contributed by atoms with Gasteiger partial charge in [-0.15, -0.1) is 10.2 Å². The number of aryl methyl sites for hydroxylation is 1. The Balaban J connectivity index is 1.41. The molecule has 30 heavy (non-hydrogen) atoms. The van der Waals surface area contributed by atoms with Gasteiger partial charge in [0.1, 0.15) is 12.2 Å². The van der Waals surface area contributed by atoms with Crippen molar-refractivity contribution in [2.75, 3.05) is 52.5 Å². The van der Waals surface area contributed by atoms with Gasteiger partial charge in [-0.05, 0) is 51.6 Å². The van der Waals surface area contributed by atoms with Gasteiger partial charge < -0.3 is 19.5 Å². The van der Waals surface area contributed by atoms with Gasteiger partial charge in [-0.1, -0.05) is 6.92 Å². The standard InChI is InChI=1S/C22H38N6O2/c1-3-26-10-7-18-15-19(28-11-13-30-14-12-28)5-8-22(18,16-26)21(29)23-9-6-20-25-24-17-27(20)4-2/h17-19H,3-16H2,1-2H3,(H,23,29)/t18-,19+,22-/m1/s1. The summed E-state index contributed by atoms with van der Waals surface area (Å²) in [6, 6.07) is 0.608. The number of aromatic nitrogens is 3. The van der Waals surface area contributed by atoms with Gasteiger partial charge >= 0.3 is 0 Å². The van der Waals surface area contributed by atoms with Gasteiger partial charge in [0.25, 0.3) is 0 Å². The van der Waals surface area contributed by atoms with Crippen LogP contribution < -0.4 is 5.32 Å². The SMILES string of the molecule is CCN1CC[C@@H]2C[C@@H](N3CCOCC3)CC[C@@]2(C(=O)NCCc2nncn2CC)C1. The third-order valence-electron chi connectivity index (χ3n) is 7.69.